The third kappa shape index (κ3) is 2.79. The SMILES string of the molecule is N#Cc1ccc(CNc2nc(C3CCC3)nc3cccnc23)cc1. The molecule has 2 aromatic heterocycles. The van der Waals surface area contributed by atoms with Gasteiger partial charge in [0.15, 0.2) is 5.82 Å². The fourth-order valence-corrected chi connectivity index (χ4v) is 2.84. The van der Waals surface area contributed by atoms with Gasteiger partial charge in [0, 0.05) is 18.7 Å². The van der Waals surface area contributed by atoms with Gasteiger partial charge in [0.25, 0.3) is 0 Å². The number of nitrogens with one attached hydrogen (secondary N) is 1. The van der Waals surface area contributed by atoms with E-state index in [0.717, 1.165) is 28.2 Å². The van der Waals surface area contributed by atoms with Crippen LogP contribution >= 0.6 is 0 Å². The van der Waals surface area contributed by atoms with E-state index in [2.05, 4.69) is 21.4 Å². The molecular weight excluding hydrogens is 298 g/mol. The Morgan fingerprint density at radius 1 is 1.12 bits per heavy atom. The molecule has 0 radical (unpaired) electrons. The summed E-state index contributed by atoms with van der Waals surface area (Å²) in [5, 5.41) is 12.3. The molecule has 1 aliphatic rings. The van der Waals surface area contributed by atoms with Crippen LogP contribution in [0.4, 0.5) is 5.82 Å². The number of hydrogen-bond donors (Lipinski definition) is 1. The largest absolute Gasteiger partial charge is 0.364 e. The lowest BCUT2D eigenvalue weighted by atomic mass is 9.85. The maximum atomic E-state index is 8.88. The average Bonchev–Trinajstić information content (AvgIpc) is 2.58. The molecule has 0 saturated heterocycles. The normalized spacial score (nSPS) is 14.1. The Labute approximate surface area is 140 Å². The molecule has 1 saturated carbocycles. The topological polar surface area (TPSA) is 74.5 Å². The zero-order chi connectivity index (χ0) is 16.4. The second-order valence-corrected chi connectivity index (χ2v) is 6.09. The quantitative estimate of drug-likeness (QED) is 0.793. The molecule has 0 bridgehead atoms. The van der Waals surface area contributed by atoms with Gasteiger partial charge in [-0.2, -0.15) is 5.26 Å². The van der Waals surface area contributed by atoms with Crippen molar-refractivity contribution in [2.45, 2.75) is 31.7 Å². The summed E-state index contributed by atoms with van der Waals surface area (Å²) in [6.07, 6.45) is 5.36. The summed E-state index contributed by atoms with van der Waals surface area (Å²) >= 11 is 0. The minimum absolute atomic E-state index is 0.477. The second kappa shape index (κ2) is 6.25. The number of pyridine rings is 1. The molecule has 0 unspecified atom stereocenters. The summed E-state index contributed by atoms with van der Waals surface area (Å²) in [6, 6.07) is 13.6. The molecule has 0 aliphatic heterocycles. The number of nitriles is 1. The summed E-state index contributed by atoms with van der Waals surface area (Å²) in [5.41, 5.74) is 3.45. The van der Waals surface area contributed by atoms with Crippen LogP contribution in [-0.2, 0) is 6.54 Å². The first-order valence-electron chi connectivity index (χ1n) is 8.19. The molecule has 2 heterocycles. The first kappa shape index (κ1) is 14.6. The number of nitrogens with zero attached hydrogens (tertiary/aromatic N) is 4. The third-order valence-electron chi connectivity index (χ3n) is 4.49. The van der Waals surface area contributed by atoms with E-state index in [1.807, 2.05) is 36.4 Å². The fourth-order valence-electron chi connectivity index (χ4n) is 2.84. The van der Waals surface area contributed by atoms with Gasteiger partial charge >= 0.3 is 0 Å². The first-order chi connectivity index (χ1) is 11.8. The predicted octanol–water partition coefficient (Wildman–Crippen LogP) is 3.78. The van der Waals surface area contributed by atoms with Gasteiger partial charge < -0.3 is 5.32 Å². The third-order valence-corrected chi connectivity index (χ3v) is 4.49. The van der Waals surface area contributed by atoms with Crippen molar-refractivity contribution < 1.29 is 0 Å². The Kier molecular flexibility index (Phi) is 3.80. The van der Waals surface area contributed by atoms with Gasteiger partial charge in [-0.25, -0.2) is 9.97 Å². The lowest BCUT2D eigenvalue weighted by Gasteiger charge is -2.24. The molecule has 24 heavy (non-hydrogen) atoms. The summed E-state index contributed by atoms with van der Waals surface area (Å²) in [5.74, 6) is 2.18. The number of aromatic nitrogens is 3. The van der Waals surface area contributed by atoms with E-state index in [1.54, 1.807) is 6.20 Å². The van der Waals surface area contributed by atoms with Crippen LogP contribution in [0.25, 0.3) is 11.0 Å². The molecule has 1 fully saturated rings. The van der Waals surface area contributed by atoms with Crippen LogP contribution in [-0.4, -0.2) is 15.0 Å². The van der Waals surface area contributed by atoms with Crippen molar-refractivity contribution in [1.82, 2.24) is 15.0 Å². The van der Waals surface area contributed by atoms with Crippen molar-refractivity contribution in [1.29, 1.82) is 5.26 Å². The summed E-state index contributed by atoms with van der Waals surface area (Å²) in [4.78, 5) is 13.9. The number of fused-ring (bicyclic) bond motifs is 1. The van der Waals surface area contributed by atoms with Crippen LogP contribution in [0.3, 0.4) is 0 Å². The van der Waals surface area contributed by atoms with Gasteiger partial charge in [-0.1, -0.05) is 18.6 Å². The van der Waals surface area contributed by atoms with Gasteiger partial charge in [-0.05, 0) is 42.7 Å². The molecule has 4 rings (SSSR count). The molecular formula is C19H17N5. The molecule has 0 amide bonds. The highest BCUT2D eigenvalue weighted by Crippen LogP contribution is 2.35. The zero-order valence-corrected chi connectivity index (χ0v) is 13.2. The lowest BCUT2D eigenvalue weighted by Crippen LogP contribution is -2.14. The Bertz CT molecular complexity index is 907. The van der Waals surface area contributed by atoms with Crippen LogP contribution in [0.2, 0.25) is 0 Å². The Balaban J connectivity index is 1.63. The van der Waals surface area contributed by atoms with Crippen LogP contribution < -0.4 is 5.32 Å². The molecule has 3 aromatic rings. The van der Waals surface area contributed by atoms with Gasteiger partial charge in [0.1, 0.15) is 11.3 Å². The molecule has 1 aliphatic carbocycles. The van der Waals surface area contributed by atoms with Gasteiger partial charge in [-0.3, -0.25) is 4.98 Å². The summed E-state index contributed by atoms with van der Waals surface area (Å²) in [6.45, 7) is 0.637. The highest BCUT2D eigenvalue weighted by Gasteiger charge is 2.23. The van der Waals surface area contributed by atoms with Gasteiger partial charge in [0.05, 0.1) is 17.1 Å². The van der Waals surface area contributed by atoms with E-state index in [-0.39, 0.29) is 0 Å². The molecule has 1 aromatic carbocycles. The van der Waals surface area contributed by atoms with Crippen molar-refractivity contribution in [3.05, 3.63) is 59.5 Å². The number of hydrogen-bond acceptors (Lipinski definition) is 5. The maximum absolute atomic E-state index is 8.88. The second-order valence-electron chi connectivity index (χ2n) is 6.09. The summed E-state index contributed by atoms with van der Waals surface area (Å²) < 4.78 is 0. The first-order valence-corrected chi connectivity index (χ1v) is 8.19. The van der Waals surface area contributed by atoms with Crippen molar-refractivity contribution >= 4 is 16.9 Å². The lowest BCUT2D eigenvalue weighted by molar-refractivity contribution is 0.403. The van der Waals surface area contributed by atoms with Crippen molar-refractivity contribution in [2.24, 2.45) is 0 Å². The standard InChI is InChI=1S/C19H17N5/c20-11-13-6-8-14(9-7-13)12-22-19-17-16(5-2-10-21-17)23-18(24-19)15-3-1-4-15/h2,5-10,15H,1,3-4,12H2,(H,22,23,24). The average molecular weight is 315 g/mol. The van der Waals surface area contributed by atoms with E-state index in [9.17, 15) is 0 Å². The monoisotopic (exact) mass is 315 g/mol. The van der Waals surface area contributed by atoms with E-state index >= 15 is 0 Å². The summed E-state index contributed by atoms with van der Waals surface area (Å²) in [7, 11) is 0. The van der Waals surface area contributed by atoms with Crippen LogP contribution in [0.5, 0.6) is 0 Å². The fraction of sp³-hybridized carbons (Fsp3) is 0.263. The smallest absolute Gasteiger partial charge is 0.156 e. The van der Waals surface area contributed by atoms with E-state index in [4.69, 9.17) is 10.2 Å². The van der Waals surface area contributed by atoms with E-state index in [0.29, 0.717) is 18.0 Å². The van der Waals surface area contributed by atoms with Crippen molar-refractivity contribution in [2.75, 3.05) is 5.32 Å². The molecule has 5 nitrogen and oxygen atoms in total. The minimum Gasteiger partial charge on any atom is -0.364 e. The van der Waals surface area contributed by atoms with Crippen molar-refractivity contribution in [3.63, 3.8) is 0 Å². The highest BCUT2D eigenvalue weighted by molar-refractivity contribution is 5.84. The van der Waals surface area contributed by atoms with Crippen LogP contribution in [0.15, 0.2) is 42.6 Å². The molecule has 0 spiro atoms. The van der Waals surface area contributed by atoms with Gasteiger partial charge in [-0.15, -0.1) is 0 Å². The number of benzene rings is 1. The molecule has 118 valence electrons. The highest BCUT2D eigenvalue weighted by atomic mass is 15.1. The van der Waals surface area contributed by atoms with Gasteiger partial charge in [0.2, 0.25) is 0 Å². The predicted molar refractivity (Wildman–Crippen MR) is 92.4 cm³/mol. The molecule has 1 N–H and O–H groups in total. The number of anilines is 1. The Morgan fingerprint density at radius 2 is 1.96 bits per heavy atom. The van der Waals surface area contributed by atoms with E-state index in [1.165, 1.54) is 19.3 Å². The number of rotatable bonds is 4. The molecule has 0 atom stereocenters. The Morgan fingerprint density at radius 3 is 2.67 bits per heavy atom. The Hall–Kier alpha value is -3.00. The molecule has 5 heteroatoms. The van der Waals surface area contributed by atoms with Crippen LogP contribution in [0.1, 0.15) is 42.1 Å². The van der Waals surface area contributed by atoms with E-state index < -0.39 is 0 Å². The maximum Gasteiger partial charge on any atom is 0.156 e. The van der Waals surface area contributed by atoms with Crippen LogP contribution in [0, 0.1) is 11.3 Å². The zero-order valence-electron chi connectivity index (χ0n) is 13.2. The van der Waals surface area contributed by atoms with Crippen molar-refractivity contribution in [3.8, 4) is 6.07 Å². The minimum atomic E-state index is 0.477.